The maximum absolute atomic E-state index is 14.5. The van der Waals surface area contributed by atoms with Crippen molar-refractivity contribution in [2.75, 3.05) is 31.2 Å². The van der Waals surface area contributed by atoms with Crippen molar-refractivity contribution in [3.05, 3.63) is 89.5 Å². The Bertz CT molecular complexity index is 1480. The molecule has 11 heteroatoms. The predicted molar refractivity (Wildman–Crippen MR) is 157 cm³/mol. The molecule has 43 heavy (non-hydrogen) atoms. The van der Waals surface area contributed by atoms with Crippen LogP contribution in [-0.2, 0) is 28.7 Å². The second-order valence-corrected chi connectivity index (χ2v) is 11.4. The lowest BCUT2D eigenvalue weighted by atomic mass is 9.74. The highest BCUT2D eigenvalue weighted by Gasteiger charge is 2.73. The molecule has 224 valence electrons. The number of anilines is 1. The fourth-order valence-electron chi connectivity index (χ4n) is 6.64. The third kappa shape index (κ3) is 5.13. The van der Waals surface area contributed by atoms with E-state index in [1.54, 1.807) is 48.6 Å². The molecule has 10 nitrogen and oxygen atoms in total. The second-order valence-electron chi connectivity index (χ2n) is 11.0. The summed E-state index contributed by atoms with van der Waals surface area (Å²) in [6, 6.07) is 14.2. The van der Waals surface area contributed by atoms with Gasteiger partial charge in [0.15, 0.2) is 0 Å². The zero-order chi connectivity index (χ0) is 30.1. The highest BCUT2D eigenvalue weighted by atomic mass is 35.5. The molecule has 6 rings (SSSR count). The van der Waals surface area contributed by atoms with Crippen LogP contribution in [0.3, 0.4) is 0 Å². The molecule has 5 bridgehead atoms. The predicted octanol–water partition coefficient (Wildman–Crippen LogP) is 2.57. The van der Waals surface area contributed by atoms with E-state index in [1.807, 2.05) is 30.3 Å². The van der Waals surface area contributed by atoms with Gasteiger partial charge in [-0.25, -0.2) is 0 Å². The molecule has 0 aromatic heterocycles. The molecule has 0 aliphatic carbocycles. The molecule has 1 spiro atoms. The van der Waals surface area contributed by atoms with Gasteiger partial charge < -0.3 is 29.7 Å². The van der Waals surface area contributed by atoms with Crippen LogP contribution in [0.4, 0.5) is 5.69 Å². The van der Waals surface area contributed by atoms with Crippen LogP contribution in [0, 0.1) is 11.8 Å². The number of fused-ring (bicyclic) bond motifs is 2. The van der Waals surface area contributed by atoms with Crippen molar-refractivity contribution in [1.82, 2.24) is 10.2 Å². The number of nitrogens with one attached hydrogen (secondary N) is 1. The minimum atomic E-state index is -1.41. The summed E-state index contributed by atoms with van der Waals surface area (Å²) in [5.74, 6) is -3.73. The Balaban J connectivity index is 1.43. The number of nitrogens with zero attached hydrogens (tertiary/aromatic N) is 2. The molecule has 2 aromatic rings. The first-order valence-electron chi connectivity index (χ1n) is 14.4. The van der Waals surface area contributed by atoms with Crippen LogP contribution in [0.25, 0.3) is 0 Å². The number of allylic oxidation sites excluding steroid dienone is 1. The largest absolute Gasteiger partial charge is 0.463 e. The van der Waals surface area contributed by atoms with E-state index in [1.165, 1.54) is 9.80 Å². The topological polar surface area (TPSA) is 125 Å². The van der Waals surface area contributed by atoms with Gasteiger partial charge >= 0.3 is 5.97 Å². The van der Waals surface area contributed by atoms with Gasteiger partial charge in [0, 0.05) is 19.5 Å². The molecule has 6 atom stereocenters. The Labute approximate surface area is 253 Å². The van der Waals surface area contributed by atoms with Gasteiger partial charge in [-0.15, -0.1) is 0 Å². The lowest BCUT2D eigenvalue weighted by Gasteiger charge is -2.36. The van der Waals surface area contributed by atoms with Gasteiger partial charge in [0.25, 0.3) is 5.91 Å². The Morgan fingerprint density at radius 1 is 1.00 bits per heavy atom. The molecule has 3 amide bonds. The number of hydrogen-bond acceptors (Lipinski definition) is 7. The summed E-state index contributed by atoms with van der Waals surface area (Å²) in [4.78, 5) is 58.0. The molecule has 0 unspecified atom stereocenters. The van der Waals surface area contributed by atoms with Gasteiger partial charge in [0.1, 0.15) is 18.2 Å². The average Bonchev–Trinajstić information content (AvgIpc) is 3.65. The quantitative estimate of drug-likeness (QED) is 0.405. The van der Waals surface area contributed by atoms with Crippen molar-refractivity contribution in [3.8, 4) is 0 Å². The highest BCUT2D eigenvalue weighted by Crippen LogP contribution is 2.55. The summed E-state index contributed by atoms with van der Waals surface area (Å²) >= 11 is 6.54. The smallest absolute Gasteiger partial charge is 0.306 e. The van der Waals surface area contributed by atoms with Gasteiger partial charge in [-0.2, -0.15) is 0 Å². The number of likely N-dealkylation sites (tertiary alicyclic amines) is 1. The summed E-state index contributed by atoms with van der Waals surface area (Å²) in [5.41, 5.74) is -0.246. The lowest BCUT2D eigenvalue weighted by Crippen LogP contribution is -2.56. The number of carbonyl (C=O) groups excluding carboxylic acids is 4. The molecule has 4 aliphatic heterocycles. The van der Waals surface area contributed by atoms with Crippen LogP contribution in [0.5, 0.6) is 0 Å². The normalized spacial score (nSPS) is 31.6. The number of cyclic esters (lactones) is 1. The van der Waals surface area contributed by atoms with Crippen LogP contribution >= 0.6 is 11.6 Å². The fourth-order valence-corrected chi connectivity index (χ4v) is 6.88. The van der Waals surface area contributed by atoms with E-state index in [9.17, 15) is 24.3 Å². The van der Waals surface area contributed by atoms with Gasteiger partial charge in [-0.3, -0.25) is 19.2 Å². The maximum atomic E-state index is 14.5. The maximum Gasteiger partial charge on any atom is 0.306 e. The Kier molecular flexibility index (Phi) is 8.09. The highest BCUT2D eigenvalue weighted by molar-refractivity contribution is 6.34. The zero-order valence-corrected chi connectivity index (χ0v) is 24.1. The number of amides is 3. The number of β-amino-alcohol motifs (C(OH)–C–C–N with tert-alkyl or cyclic N) is 1. The number of para-hydroxylation sites is 1. The Morgan fingerprint density at radius 2 is 1.77 bits per heavy atom. The van der Waals surface area contributed by atoms with E-state index in [4.69, 9.17) is 21.1 Å². The van der Waals surface area contributed by atoms with Crippen LogP contribution in [0.1, 0.15) is 24.4 Å². The minimum Gasteiger partial charge on any atom is -0.463 e. The molecular formula is C32H32ClN3O7. The SMILES string of the molecule is O=C1CC/C=C\CN(c2ccccc2Cl)C(=O)[C@H]2N(CCO)C(=O)[C@@H]3[C@@H](C(=O)N[C@@H](c4ccccc4)CO1)[C@H]1C=C[C@]32O1. The van der Waals surface area contributed by atoms with Crippen molar-refractivity contribution in [3.63, 3.8) is 0 Å². The Morgan fingerprint density at radius 3 is 2.53 bits per heavy atom. The second kappa shape index (κ2) is 11.9. The van der Waals surface area contributed by atoms with Gasteiger partial charge in [-0.1, -0.05) is 78.4 Å². The number of hydrogen-bond donors (Lipinski definition) is 2. The first kappa shape index (κ1) is 29.1. The van der Waals surface area contributed by atoms with Crippen molar-refractivity contribution in [1.29, 1.82) is 0 Å². The summed E-state index contributed by atoms with van der Waals surface area (Å²) in [6.07, 6.45) is 6.72. The van der Waals surface area contributed by atoms with Crippen LogP contribution in [-0.4, -0.2) is 77.7 Å². The van der Waals surface area contributed by atoms with Crippen LogP contribution < -0.4 is 10.2 Å². The average molecular weight is 606 g/mol. The number of aliphatic hydroxyl groups excluding tert-OH is 1. The standard InChI is InChI=1S/C32H32ClN3O7/c33-21-11-6-7-12-23(21)35-16-8-2-5-13-25(38)42-19-22(20-9-3-1-4-10-20)34-29(39)26-24-14-15-32(43-24)27(26)30(40)36(17-18-37)28(32)31(35)41/h1-4,6-12,14-15,22,24,26-28,37H,5,13,16-19H2,(H,34,39)/b8-2-/t22-,24-,26+,27+,28-,32+/m1/s1. The van der Waals surface area contributed by atoms with Crippen LogP contribution in [0.15, 0.2) is 78.9 Å². The van der Waals surface area contributed by atoms with E-state index >= 15 is 0 Å². The summed E-state index contributed by atoms with van der Waals surface area (Å²) in [7, 11) is 0. The molecular weight excluding hydrogens is 574 g/mol. The molecule has 2 fully saturated rings. The number of rotatable bonds is 4. The molecule has 2 N–H and O–H groups in total. The molecule has 2 saturated heterocycles. The fraction of sp³-hybridized carbons (Fsp3) is 0.375. The molecule has 4 aliphatic rings. The van der Waals surface area contributed by atoms with Crippen molar-refractivity contribution in [2.45, 2.75) is 36.6 Å². The number of halogens is 1. The molecule has 0 radical (unpaired) electrons. The first-order chi connectivity index (χ1) is 20.9. The number of carbonyl (C=O) groups is 4. The zero-order valence-electron chi connectivity index (χ0n) is 23.3. The van der Waals surface area contributed by atoms with E-state index in [-0.39, 0.29) is 32.7 Å². The molecule has 0 saturated carbocycles. The summed E-state index contributed by atoms with van der Waals surface area (Å²) < 4.78 is 12.0. The third-order valence-electron chi connectivity index (χ3n) is 8.56. The molecule has 2 aromatic carbocycles. The van der Waals surface area contributed by atoms with Crippen LogP contribution in [0.2, 0.25) is 5.02 Å². The third-order valence-corrected chi connectivity index (χ3v) is 8.88. The van der Waals surface area contributed by atoms with Crippen molar-refractivity contribution >= 4 is 41.0 Å². The monoisotopic (exact) mass is 605 g/mol. The minimum absolute atomic E-state index is 0.0891. The van der Waals surface area contributed by atoms with E-state index in [0.29, 0.717) is 17.1 Å². The van der Waals surface area contributed by atoms with Crippen molar-refractivity contribution in [2.24, 2.45) is 11.8 Å². The van der Waals surface area contributed by atoms with E-state index in [2.05, 4.69) is 5.32 Å². The number of benzene rings is 2. The first-order valence-corrected chi connectivity index (χ1v) is 14.7. The summed E-state index contributed by atoms with van der Waals surface area (Å²) in [5, 5.41) is 13.2. The van der Waals surface area contributed by atoms with Gasteiger partial charge in [0.05, 0.1) is 41.3 Å². The van der Waals surface area contributed by atoms with E-state index in [0.717, 1.165) is 5.56 Å². The number of aliphatic hydroxyl groups is 1. The number of esters is 1. The summed E-state index contributed by atoms with van der Waals surface area (Å²) in [6.45, 7) is -0.481. The van der Waals surface area contributed by atoms with Crippen molar-refractivity contribution < 1.29 is 33.8 Å². The van der Waals surface area contributed by atoms with E-state index < -0.39 is 59.3 Å². The molecule has 4 heterocycles. The Hall–Kier alpha value is -3.99. The lowest BCUT2D eigenvalue weighted by molar-refractivity contribution is -0.145. The number of ether oxygens (including phenoxy) is 2. The van der Waals surface area contributed by atoms with Gasteiger partial charge in [-0.05, 0) is 24.1 Å². The van der Waals surface area contributed by atoms with Gasteiger partial charge in [0.2, 0.25) is 11.8 Å².